The maximum atomic E-state index is 12.8. The van der Waals surface area contributed by atoms with E-state index in [2.05, 4.69) is 11.3 Å². The number of ether oxygens (including phenoxy) is 1. The normalized spacial score (nSPS) is 15.4. The molecule has 0 bridgehead atoms. The lowest BCUT2D eigenvalue weighted by molar-refractivity contribution is -0.208. The summed E-state index contributed by atoms with van der Waals surface area (Å²) in [5.41, 5.74) is 0. The van der Waals surface area contributed by atoms with E-state index in [4.69, 9.17) is 0 Å². The predicted octanol–water partition coefficient (Wildman–Crippen LogP) is 3.17. The maximum absolute atomic E-state index is 12.8. The van der Waals surface area contributed by atoms with Gasteiger partial charge in [-0.15, -0.1) is 0 Å². The van der Waals surface area contributed by atoms with Gasteiger partial charge in [-0.3, -0.25) is 0 Å². The van der Waals surface area contributed by atoms with Gasteiger partial charge in [-0.25, -0.2) is 4.39 Å². The second-order valence-electron chi connectivity index (χ2n) is 2.93. The monoisotopic (exact) mass is 218 g/mol. The minimum absolute atomic E-state index is 1.09. The van der Waals surface area contributed by atoms with Crippen LogP contribution in [-0.2, 0) is 4.74 Å². The fraction of sp³-hybridized carbons (Fsp3) is 0.750. The number of halogens is 5. The molecule has 0 spiro atoms. The van der Waals surface area contributed by atoms with Crippen LogP contribution >= 0.6 is 0 Å². The Balaban J connectivity index is 4.68. The highest BCUT2D eigenvalue weighted by molar-refractivity contribution is 5.06. The van der Waals surface area contributed by atoms with Crippen LogP contribution in [0, 0.1) is 0 Å². The zero-order valence-electron chi connectivity index (χ0n) is 7.79. The Hall–Kier alpha value is -0.650. The molecule has 0 saturated carbocycles. The molecule has 0 aliphatic rings. The van der Waals surface area contributed by atoms with Crippen LogP contribution in [0.3, 0.4) is 0 Å². The summed E-state index contributed by atoms with van der Waals surface area (Å²) in [5.74, 6) is -11.7. The van der Waals surface area contributed by atoms with Crippen molar-refractivity contribution in [2.24, 2.45) is 0 Å². The van der Waals surface area contributed by atoms with Crippen molar-refractivity contribution < 1.29 is 26.7 Å². The number of allylic oxidation sites excluding steroid dienone is 1. The van der Waals surface area contributed by atoms with Crippen molar-refractivity contribution >= 4 is 0 Å². The number of methoxy groups -OCH3 is 1. The van der Waals surface area contributed by atoms with Gasteiger partial charge in [0, 0.05) is 13.5 Å². The van der Waals surface area contributed by atoms with Crippen LogP contribution in [0.15, 0.2) is 12.4 Å². The molecule has 0 saturated heterocycles. The molecule has 0 heterocycles. The van der Waals surface area contributed by atoms with E-state index in [0.717, 1.165) is 7.11 Å². The Kier molecular flexibility index (Phi) is 4.05. The average Bonchev–Trinajstić information content (AvgIpc) is 2.02. The number of hydrogen-bond donors (Lipinski definition) is 0. The molecule has 1 unspecified atom stereocenters. The predicted molar refractivity (Wildman–Crippen MR) is 41.2 cm³/mol. The van der Waals surface area contributed by atoms with Crippen molar-refractivity contribution in [2.45, 2.75) is 31.3 Å². The molecular weight excluding hydrogens is 207 g/mol. The molecule has 0 radical (unpaired) electrons. The van der Waals surface area contributed by atoms with Crippen LogP contribution in [0.4, 0.5) is 22.0 Å². The Morgan fingerprint density at radius 2 is 1.79 bits per heavy atom. The van der Waals surface area contributed by atoms with E-state index in [0.29, 0.717) is 0 Å². The standard InChI is InChI=1S/C8H11F5O/c1-5(14-3)4-7(10,11)8(12,13)6(2)9/h5H,2,4H2,1,3H3. The first kappa shape index (κ1) is 13.4. The number of rotatable bonds is 5. The summed E-state index contributed by atoms with van der Waals surface area (Å²) in [6.07, 6.45) is -2.35. The highest BCUT2D eigenvalue weighted by Crippen LogP contribution is 2.42. The van der Waals surface area contributed by atoms with Gasteiger partial charge >= 0.3 is 11.8 Å². The molecule has 0 rings (SSSR count). The summed E-state index contributed by atoms with van der Waals surface area (Å²) in [6.45, 7) is 3.37. The molecule has 1 nitrogen and oxygen atoms in total. The molecule has 1 atom stereocenters. The lowest BCUT2D eigenvalue weighted by Gasteiger charge is -2.26. The van der Waals surface area contributed by atoms with Crippen LogP contribution in [0.25, 0.3) is 0 Å². The molecule has 0 aromatic heterocycles. The molecule has 0 fully saturated rings. The summed E-state index contributed by atoms with van der Waals surface area (Å²) >= 11 is 0. The SMILES string of the molecule is C=C(F)C(F)(F)C(F)(F)CC(C)OC. The third kappa shape index (κ3) is 2.67. The Morgan fingerprint density at radius 3 is 2.07 bits per heavy atom. The lowest BCUT2D eigenvalue weighted by atomic mass is 10.0. The van der Waals surface area contributed by atoms with Gasteiger partial charge in [-0.05, 0) is 6.92 Å². The van der Waals surface area contributed by atoms with E-state index in [-0.39, 0.29) is 0 Å². The zero-order valence-corrected chi connectivity index (χ0v) is 7.79. The van der Waals surface area contributed by atoms with Gasteiger partial charge in [0.1, 0.15) is 0 Å². The van der Waals surface area contributed by atoms with Crippen LogP contribution in [0.1, 0.15) is 13.3 Å². The van der Waals surface area contributed by atoms with Crippen LogP contribution < -0.4 is 0 Å². The van der Waals surface area contributed by atoms with Gasteiger partial charge in [0.05, 0.1) is 6.10 Å². The van der Waals surface area contributed by atoms with Crippen LogP contribution in [0.5, 0.6) is 0 Å². The highest BCUT2D eigenvalue weighted by Gasteiger charge is 2.59. The smallest absolute Gasteiger partial charge is 0.360 e. The summed E-state index contributed by atoms with van der Waals surface area (Å²) in [7, 11) is 1.10. The summed E-state index contributed by atoms with van der Waals surface area (Å²) < 4.78 is 67.1. The molecule has 0 amide bonds. The van der Waals surface area contributed by atoms with Gasteiger partial charge in [0.25, 0.3) is 0 Å². The van der Waals surface area contributed by atoms with Crippen molar-refractivity contribution in [3.63, 3.8) is 0 Å². The first-order valence-corrected chi connectivity index (χ1v) is 3.78. The largest absolute Gasteiger partial charge is 0.382 e. The Morgan fingerprint density at radius 1 is 1.36 bits per heavy atom. The lowest BCUT2D eigenvalue weighted by Crippen LogP contribution is -2.43. The van der Waals surface area contributed by atoms with Gasteiger partial charge in [-0.2, -0.15) is 17.6 Å². The van der Waals surface area contributed by atoms with E-state index >= 15 is 0 Å². The van der Waals surface area contributed by atoms with E-state index in [1.807, 2.05) is 0 Å². The fourth-order valence-electron chi connectivity index (χ4n) is 0.771. The second kappa shape index (κ2) is 4.25. The van der Waals surface area contributed by atoms with Gasteiger partial charge in [-0.1, -0.05) is 6.58 Å². The Labute approximate surface area is 78.5 Å². The fourth-order valence-corrected chi connectivity index (χ4v) is 0.771. The zero-order chi connectivity index (χ0) is 11.6. The average molecular weight is 218 g/mol. The molecule has 6 heteroatoms. The van der Waals surface area contributed by atoms with E-state index < -0.39 is 30.2 Å². The molecule has 14 heavy (non-hydrogen) atoms. The van der Waals surface area contributed by atoms with Crippen LogP contribution in [0.2, 0.25) is 0 Å². The molecule has 0 aliphatic carbocycles. The second-order valence-corrected chi connectivity index (χ2v) is 2.93. The maximum Gasteiger partial charge on any atom is 0.360 e. The molecule has 0 aromatic carbocycles. The topological polar surface area (TPSA) is 9.23 Å². The van der Waals surface area contributed by atoms with Gasteiger partial charge in [0.2, 0.25) is 0 Å². The number of alkyl halides is 4. The van der Waals surface area contributed by atoms with Gasteiger partial charge < -0.3 is 4.74 Å². The third-order valence-electron chi connectivity index (χ3n) is 1.75. The first-order valence-electron chi connectivity index (χ1n) is 3.78. The third-order valence-corrected chi connectivity index (χ3v) is 1.75. The van der Waals surface area contributed by atoms with E-state index in [1.165, 1.54) is 6.92 Å². The highest BCUT2D eigenvalue weighted by atomic mass is 19.3. The minimum atomic E-state index is -4.85. The van der Waals surface area contributed by atoms with E-state index in [1.54, 1.807) is 0 Å². The van der Waals surface area contributed by atoms with Crippen molar-refractivity contribution in [1.82, 2.24) is 0 Å². The molecule has 0 N–H and O–H groups in total. The van der Waals surface area contributed by atoms with Crippen molar-refractivity contribution in [1.29, 1.82) is 0 Å². The first-order chi connectivity index (χ1) is 6.15. The molecule has 0 aromatic rings. The Bertz CT molecular complexity index is 214. The van der Waals surface area contributed by atoms with Gasteiger partial charge in [0.15, 0.2) is 5.83 Å². The van der Waals surface area contributed by atoms with Crippen LogP contribution in [-0.4, -0.2) is 25.1 Å². The quantitative estimate of drug-likeness (QED) is 0.644. The molecule has 0 aliphatic heterocycles. The summed E-state index contributed by atoms with van der Waals surface area (Å²) in [5, 5.41) is 0. The number of hydrogen-bond acceptors (Lipinski definition) is 1. The van der Waals surface area contributed by atoms with E-state index in [9.17, 15) is 22.0 Å². The summed E-state index contributed by atoms with van der Waals surface area (Å²) in [6, 6.07) is 0. The van der Waals surface area contributed by atoms with Crippen molar-refractivity contribution in [2.75, 3.05) is 7.11 Å². The van der Waals surface area contributed by atoms with Crippen molar-refractivity contribution in [3.05, 3.63) is 12.4 Å². The summed E-state index contributed by atoms with van der Waals surface area (Å²) in [4.78, 5) is 0. The molecular formula is C8H11F5O. The molecule has 84 valence electrons. The van der Waals surface area contributed by atoms with Crippen molar-refractivity contribution in [3.8, 4) is 0 Å². The minimum Gasteiger partial charge on any atom is -0.382 e.